The zero-order chi connectivity index (χ0) is 11.4. The molecule has 3 nitrogen and oxygen atoms in total. The molecule has 0 saturated heterocycles. The van der Waals surface area contributed by atoms with Crippen molar-refractivity contribution < 1.29 is 14.7 Å². The van der Waals surface area contributed by atoms with Crippen LogP contribution in [0.3, 0.4) is 0 Å². The van der Waals surface area contributed by atoms with E-state index in [0.717, 1.165) is 36.8 Å². The lowest BCUT2D eigenvalue weighted by Crippen LogP contribution is -2.13. The zero-order valence-electron chi connectivity index (χ0n) is 9.38. The SMILES string of the molecule is CCC(C)C(=O)C1=C(CC(=O)O)CCC1. The molecule has 0 fully saturated rings. The van der Waals surface area contributed by atoms with Gasteiger partial charge in [-0.3, -0.25) is 9.59 Å². The monoisotopic (exact) mass is 210 g/mol. The van der Waals surface area contributed by atoms with Gasteiger partial charge in [0.25, 0.3) is 0 Å². The standard InChI is InChI=1S/C12H18O3/c1-3-8(2)12(15)10-6-4-5-9(10)7-11(13)14/h8H,3-7H2,1-2H3,(H,13,14). The van der Waals surface area contributed by atoms with E-state index >= 15 is 0 Å². The van der Waals surface area contributed by atoms with E-state index in [1.807, 2.05) is 13.8 Å². The predicted octanol–water partition coefficient (Wildman–Crippen LogP) is 2.56. The Balaban J connectivity index is 2.80. The Hall–Kier alpha value is -1.12. The largest absolute Gasteiger partial charge is 0.481 e. The number of carboxylic acid groups (broad SMARTS) is 1. The van der Waals surface area contributed by atoms with Gasteiger partial charge in [-0.1, -0.05) is 19.4 Å². The summed E-state index contributed by atoms with van der Waals surface area (Å²) in [5, 5.41) is 8.72. The van der Waals surface area contributed by atoms with Crippen LogP contribution in [0.2, 0.25) is 0 Å². The molecule has 15 heavy (non-hydrogen) atoms. The predicted molar refractivity (Wildman–Crippen MR) is 57.6 cm³/mol. The number of carbonyl (C=O) groups is 2. The maximum atomic E-state index is 11.9. The number of rotatable bonds is 5. The highest BCUT2D eigenvalue weighted by atomic mass is 16.4. The second kappa shape index (κ2) is 5.10. The van der Waals surface area contributed by atoms with Crippen LogP contribution in [0.15, 0.2) is 11.1 Å². The molecule has 1 N–H and O–H groups in total. The zero-order valence-corrected chi connectivity index (χ0v) is 9.38. The van der Waals surface area contributed by atoms with Crippen molar-refractivity contribution in [3.63, 3.8) is 0 Å². The van der Waals surface area contributed by atoms with Crippen molar-refractivity contribution in [3.05, 3.63) is 11.1 Å². The summed E-state index contributed by atoms with van der Waals surface area (Å²) in [5.74, 6) is -0.644. The molecule has 1 aliphatic carbocycles. The maximum absolute atomic E-state index is 11.9. The number of carboxylic acids is 1. The minimum Gasteiger partial charge on any atom is -0.481 e. The van der Waals surface area contributed by atoms with Gasteiger partial charge < -0.3 is 5.11 Å². The van der Waals surface area contributed by atoms with Gasteiger partial charge in [-0.25, -0.2) is 0 Å². The van der Waals surface area contributed by atoms with E-state index in [9.17, 15) is 9.59 Å². The van der Waals surface area contributed by atoms with Gasteiger partial charge >= 0.3 is 5.97 Å². The highest BCUT2D eigenvalue weighted by molar-refractivity contribution is 5.98. The summed E-state index contributed by atoms with van der Waals surface area (Å²) in [5.41, 5.74) is 1.65. The van der Waals surface area contributed by atoms with Gasteiger partial charge in [0, 0.05) is 5.92 Å². The Bertz CT molecular complexity index is 302. The molecule has 1 rings (SSSR count). The van der Waals surface area contributed by atoms with E-state index in [1.165, 1.54) is 0 Å². The molecule has 3 heteroatoms. The van der Waals surface area contributed by atoms with Gasteiger partial charge in [-0.05, 0) is 31.3 Å². The van der Waals surface area contributed by atoms with Crippen LogP contribution in [-0.2, 0) is 9.59 Å². The van der Waals surface area contributed by atoms with Crippen LogP contribution in [0, 0.1) is 5.92 Å². The fourth-order valence-corrected chi connectivity index (χ4v) is 1.96. The van der Waals surface area contributed by atoms with Crippen molar-refractivity contribution >= 4 is 11.8 Å². The van der Waals surface area contributed by atoms with Crippen molar-refractivity contribution in [1.29, 1.82) is 0 Å². The number of hydrogen-bond acceptors (Lipinski definition) is 2. The molecule has 0 bridgehead atoms. The summed E-state index contributed by atoms with van der Waals surface area (Å²) < 4.78 is 0. The molecule has 1 aliphatic rings. The Morgan fingerprint density at radius 3 is 2.60 bits per heavy atom. The third-order valence-corrected chi connectivity index (χ3v) is 3.05. The maximum Gasteiger partial charge on any atom is 0.307 e. The number of aliphatic carboxylic acids is 1. The highest BCUT2D eigenvalue weighted by Gasteiger charge is 2.24. The summed E-state index contributed by atoms with van der Waals surface area (Å²) in [4.78, 5) is 22.5. The molecule has 0 heterocycles. The van der Waals surface area contributed by atoms with E-state index in [4.69, 9.17) is 5.11 Å². The molecule has 0 spiro atoms. The second-order valence-corrected chi connectivity index (χ2v) is 4.18. The number of hydrogen-bond donors (Lipinski definition) is 1. The molecular formula is C12H18O3. The van der Waals surface area contributed by atoms with Gasteiger partial charge in [0.2, 0.25) is 0 Å². The lowest BCUT2D eigenvalue weighted by Gasteiger charge is -2.10. The molecule has 1 unspecified atom stereocenters. The molecule has 0 aromatic carbocycles. The Kier molecular flexibility index (Phi) is 4.06. The normalized spacial score (nSPS) is 18.0. The molecule has 84 valence electrons. The summed E-state index contributed by atoms with van der Waals surface area (Å²) in [6, 6.07) is 0. The van der Waals surface area contributed by atoms with Gasteiger partial charge in [0.05, 0.1) is 6.42 Å². The van der Waals surface area contributed by atoms with Crippen LogP contribution in [0.4, 0.5) is 0 Å². The third kappa shape index (κ3) is 2.91. The smallest absolute Gasteiger partial charge is 0.307 e. The van der Waals surface area contributed by atoms with Crippen LogP contribution in [0.5, 0.6) is 0 Å². The topological polar surface area (TPSA) is 54.4 Å². The Morgan fingerprint density at radius 2 is 2.07 bits per heavy atom. The first-order valence-electron chi connectivity index (χ1n) is 5.53. The van der Waals surface area contributed by atoms with Gasteiger partial charge in [0.15, 0.2) is 5.78 Å². The number of Topliss-reactive ketones (excluding diaryl/α,β-unsaturated/α-hetero) is 1. The van der Waals surface area contributed by atoms with Crippen LogP contribution in [-0.4, -0.2) is 16.9 Å². The van der Waals surface area contributed by atoms with Crippen molar-refractivity contribution in [2.24, 2.45) is 5.92 Å². The van der Waals surface area contributed by atoms with Gasteiger partial charge in [0.1, 0.15) is 0 Å². The first-order valence-corrected chi connectivity index (χ1v) is 5.53. The Morgan fingerprint density at radius 1 is 1.40 bits per heavy atom. The van der Waals surface area contributed by atoms with Gasteiger partial charge in [-0.15, -0.1) is 0 Å². The molecular weight excluding hydrogens is 192 g/mol. The molecule has 0 aromatic rings. The van der Waals surface area contributed by atoms with Crippen molar-refractivity contribution in [3.8, 4) is 0 Å². The highest BCUT2D eigenvalue weighted by Crippen LogP contribution is 2.31. The first kappa shape index (κ1) is 12.0. The fourth-order valence-electron chi connectivity index (χ4n) is 1.96. The van der Waals surface area contributed by atoms with Crippen LogP contribution in [0.1, 0.15) is 46.0 Å². The summed E-state index contributed by atoms with van der Waals surface area (Å²) in [6.07, 6.45) is 3.34. The first-order chi connectivity index (χ1) is 7.06. The number of carbonyl (C=O) groups excluding carboxylic acids is 1. The molecule has 0 radical (unpaired) electrons. The summed E-state index contributed by atoms with van der Waals surface area (Å²) in [7, 11) is 0. The minimum atomic E-state index is -0.832. The molecule has 0 amide bonds. The molecule has 0 aromatic heterocycles. The van der Waals surface area contributed by atoms with E-state index in [-0.39, 0.29) is 18.1 Å². The van der Waals surface area contributed by atoms with Gasteiger partial charge in [-0.2, -0.15) is 0 Å². The molecule has 1 atom stereocenters. The van der Waals surface area contributed by atoms with Crippen LogP contribution < -0.4 is 0 Å². The number of ketones is 1. The second-order valence-electron chi connectivity index (χ2n) is 4.18. The van der Waals surface area contributed by atoms with Crippen molar-refractivity contribution in [2.75, 3.05) is 0 Å². The van der Waals surface area contributed by atoms with Crippen molar-refractivity contribution in [2.45, 2.75) is 46.0 Å². The lowest BCUT2D eigenvalue weighted by atomic mass is 9.94. The van der Waals surface area contributed by atoms with E-state index < -0.39 is 5.97 Å². The number of allylic oxidation sites excluding steroid dienone is 1. The van der Waals surface area contributed by atoms with E-state index in [2.05, 4.69) is 0 Å². The fraction of sp³-hybridized carbons (Fsp3) is 0.667. The lowest BCUT2D eigenvalue weighted by molar-refractivity contribution is -0.136. The van der Waals surface area contributed by atoms with Crippen LogP contribution >= 0.6 is 0 Å². The van der Waals surface area contributed by atoms with Crippen molar-refractivity contribution in [1.82, 2.24) is 0 Å². The minimum absolute atomic E-state index is 0.0295. The third-order valence-electron chi connectivity index (χ3n) is 3.05. The Labute approximate surface area is 90.2 Å². The summed E-state index contributed by atoms with van der Waals surface area (Å²) >= 11 is 0. The van der Waals surface area contributed by atoms with Crippen LogP contribution in [0.25, 0.3) is 0 Å². The molecule has 0 saturated carbocycles. The van der Waals surface area contributed by atoms with E-state index in [0.29, 0.717) is 0 Å². The molecule has 0 aliphatic heterocycles. The average molecular weight is 210 g/mol. The average Bonchev–Trinajstić information content (AvgIpc) is 2.62. The quantitative estimate of drug-likeness (QED) is 0.758. The summed E-state index contributed by atoms with van der Waals surface area (Å²) in [6.45, 7) is 3.89. The van der Waals surface area contributed by atoms with E-state index in [1.54, 1.807) is 0 Å².